The number of rotatable bonds is 14. The van der Waals surface area contributed by atoms with Crippen molar-refractivity contribution in [3.8, 4) is 11.5 Å². The highest BCUT2D eigenvalue weighted by Gasteiger charge is 2.44. The van der Waals surface area contributed by atoms with E-state index < -0.39 is 48.8 Å². The Morgan fingerprint density at radius 2 is 1.81 bits per heavy atom. The summed E-state index contributed by atoms with van der Waals surface area (Å²) < 4.78 is 26.8. The van der Waals surface area contributed by atoms with E-state index in [2.05, 4.69) is 9.98 Å². The number of carbonyl (C=O) groups excluding carboxylic acids is 1. The van der Waals surface area contributed by atoms with Crippen LogP contribution >= 0.6 is 11.8 Å². The highest BCUT2D eigenvalue weighted by Crippen LogP contribution is 2.33. The summed E-state index contributed by atoms with van der Waals surface area (Å²) in [5, 5.41) is 60.3. The van der Waals surface area contributed by atoms with E-state index in [1.165, 1.54) is 30.9 Å². The Bertz CT molecular complexity index is 935. The number of hydrogen-bond donors (Lipinski definition) is 5. The number of aliphatic imine (C=N–C) groups is 1. The third-order valence-corrected chi connectivity index (χ3v) is 6.81. The Morgan fingerprint density at radius 3 is 2.43 bits per heavy atom. The zero-order chi connectivity index (χ0) is 27.0. The van der Waals surface area contributed by atoms with Crippen LogP contribution in [0.1, 0.15) is 12.6 Å². The molecule has 0 radical (unpaired) electrons. The third kappa shape index (κ3) is 7.72. The summed E-state index contributed by atoms with van der Waals surface area (Å²) in [6, 6.07) is 1.36. The Labute approximate surface area is 216 Å². The van der Waals surface area contributed by atoms with E-state index in [1.807, 2.05) is 0 Å². The fourth-order valence-electron chi connectivity index (χ4n) is 3.37. The maximum atomic E-state index is 11.2. The van der Waals surface area contributed by atoms with Gasteiger partial charge in [0.2, 0.25) is 0 Å². The summed E-state index contributed by atoms with van der Waals surface area (Å²) in [6.07, 6.45) is -5.26. The van der Waals surface area contributed by atoms with Gasteiger partial charge in [0.1, 0.15) is 58.8 Å². The van der Waals surface area contributed by atoms with Crippen LogP contribution < -0.4 is 9.84 Å². The lowest BCUT2D eigenvalue weighted by Crippen LogP contribution is -2.59. The summed E-state index contributed by atoms with van der Waals surface area (Å²) in [5.41, 5.74) is -1.19. The van der Waals surface area contributed by atoms with Crippen molar-refractivity contribution in [3.63, 3.8) is 0 Å². The summed E-state index contributed by atoms with van der Waals surface area (Å²) in [5.74, 6) is -0.985. The molecular weight excluding hydrogens is 516 g/mol. The SMILES string of the molecule is C[C@]1(C(=O)[O-])CSC(c2ncc(OCCOCCOCCO[C@H]3OC(CO)[C@@H](O)[C@@H](O)C3O)cc2O)=N1. The van der Waals surface area contributed by atoms with Gasteiger partial charge in [-0.15, -0.1) is 11.8 Å². The first-order valence-electron chi connectivity index (χ1n) is 11.5. The first-order chi connectivity index (χ1) is 17.7. The van der Waals surface area contributed by atoms with Gasteiger partial charge < -0.3 is 59.1 Å². The molecule has 0 amide bonds. The molecule has 2 aliphatic rings. The highest BCUT2D eigenvalue weighted by atomic mass is 32.2. The lowest BCUT2D eigenvalue weighted by Gasteiger charge is -2.39. The monoisotopic (exact) mass is 547 g/mol. The fraction of sp³-hybridized carbons (Fsp3) is 0.682. The van der Waals surface area contributed by atoms with Crippen LogP contribution in [-0.2, 0) is 23.7 Å². The number of aromatic hydroxyl groups is 1. The first-order valence-corrected chi connectivity index (χ1v) is 12.5. The van der Waals surface area contributed by atoms with Crippen LogP contribution in [0, 0.1) is 0 Å². The van der Waals surface area contributed by atoms with Crippen LogP contribution in [0.25, 0.3) is 0 Å². The van der Waals surface area contributed by atoms with E-state index >= 15 is 0 Å². The molecule has 0 aromatic carbocycles. The van der Waals surface area contributed by atoms with Gasteiger partial charge in [-0.1, -0.05) is 0 Å². The van der Waals surface area contributed by atoms with Crippen molar-refractivity contribution < 1.29 is 59.1 Å². The number of carboxylic acids is 1. The van der Waals surface area contributed by atoms with E-state index in [0.717, 1.165) is 0 Å². The Morgan fingerprint density at radius 1 is 1.14 bits per heavy atom. The number of nitrogens with zero attached hydrogens (tertiary/aromatic N) is 2. The maximum Gasteiger partial charge on any atom is 0.186 e. The minimum Gasteiger partial charge on any atom is -0.547 e. The van der Waals surface area contributed by atoms with Gasteiger partial charge in [0.15, 0.2) is 6.29 Å². The van der Waals surface area contributed by atoms with E-state index in [-0.39, 0.29) is 56.8 Å². The molecule has 5 N–H and O–H groups in total. The largest absolute Gasteiger partial charge is 0.547 e. The molecule has 15 heteroatoms. The van der Waals surface area contributed by atoms with Crippen molar-refractivity contribution in [3.05, 3.63) is 18.0 Å². The van der Waals surface area contributed by atoms with Crippen LogP contribution in [0.15, 0.2) is 17.3 Å². The number of aliphatic hydroxyl groups is 4. The molecule has 2 aliphatic heterocycles. The van der Waals surface area contributed by atoms with Gasteiger partial charge in [0.25, 0.3) is 0 Å². The smallest absolute Gasteiger partial charge is 0.186 e. The fourth-order valence-corrected chi connectivity index (χ4v) is 4.53. The quantitative estimate of drug-likeness (QED) is 0.147. The van der Waals surface area contributed by atoms with Crippen LogP contribution in [-0.4, -0.2) is 130 Å². The predicted octanol–water partition coefficient (Wildman–Crippen LogP) is -2.98. The molecule has 14 nitrogen and oxygen atoms in total. The van der Waals surface area contributed by atoms with Crippen LogP contribution in [0.4, 0.5) is 0 Å². The van der Waals surface area contributed by atoms with Crippen molar-refractivity contribution in [1.82, 2.24) is 4.98 Å². The minimum atomic E-state index is -1.50. The molecule has 2 unspecified atom stereocenters. The Hall–Kier alpha value is -2.08. The summed E-state index contributed by atoms with van der Waals surface area (Å²) >= 11 is 1.17. The number of aliphatic carboxylic acids is 1. The highest BCUT2D eigenvalue weighted by molar-refractivity contribution is 8.14. The second kappa shape index (κ2) is 13.6. The van der Waals surface area contributed by atoms with Crippen LogP contribution in [0.3, 0.4) is 0 Å². The minimum absolute atomic E-state index is 0.0374. The predicted molar refractivity (Wildman–Crippen MR) is 125 cm³/mol. The molecule has 37 heavy (non-hydrogen) atoms. The number of aromatic nitrogens is 1. The van der Waals surface area contributed by atoms with Gasteiger partial charge in [-0.3, -0.25) is 4.99 Å². The molecule has 1 saturated heterocycles. The third-order valence-electron chi connectivity index (χ3n) is 5.55. The van der Waals surface area contributed by atoms with Crippen molar-refractivity contribution >= 4 is 22.8 Å². The van der Waals surface area contributed by atoms with Gasteiger partial charge >= 0.3 is 0 Å². The molecule has 3 rings (SSSR count). The summed E-state index contributed by atoms with van der Waals surface area (Å²) in [6.45, 7) is 2.03. The van der Waals surface area contributed by atoms with E-state index in [4.69, 9.17) is 28.8 Å². The zero-order valence-corrected chi connectivity index (χ0v) is 20.9. The molecule has 208 valence electrons. The lowest BCUT2D eigenvalue weighted by atomic mass is 9.99. The molecule has 0 bridgehead atoms. The molecule has 0 saturated carbocycles. The number of pyridine rings is 1. The van der Waals surface area contributed by atoms with Crippen LogP contribution in [0.2, 0.25) is 0 Å². The van der Waals surface area contributed by atoms with Crippen molar-refractivity contribution in [1.29, 1.82) is 0 Å². The van der Waals surface area contributed by atoms with Crippen LogP contribution in [0.5, 0.6) is 11.5 Å². The Balaban J connectivity index is 1.26. The van der Waals surface area contributed by atoms with Gasteiger partial charge in [-0.25, -0.2) is 4.98 Å². The number of carbonyl (C=O) groups is 1. The van der Waals surface area contributed by atoms with Gasteiger partial charge in [-0.05, 0) is 6.92 Å². The standard InChI is InChI=1S/C22H32N2O12S/c1-22(21(30)31)11-37-19(24-22)15-13(26)8-12(9-23-15)34-6-4-32-2-3-33-5-7-35-20-18(29)17(28)16(27)14(10-25)36-20/h8-9,14,16-18,20,25-29H,2-7,10-11H2,1H3,(H,30,31)/p-1/t14?,16-,17-,18?,20+,22-/m1/s1. The molecule has 0 spiro atoms. The topological polar surface area (TPSA) is 213 Å². The van der Waals surface area contributed by atoms with Gasteiger partial charge in [0.05, 0.1) is 51.8 Å². The number of thioether (sulfide) groups is 1. The molecule has 1 aromatic heterocycles. The average molecular weight is 548 g/mol. The molecule has 6 atom stereocenters. The van der Waals surface area contributed by atoms with Crippen molar-refractivity contribution in [2.45, 2.75) is 43.2 Å². The normalized spacial score (nSPS) is 29.8. The second-order valence-corrected chi connectivity index (χ2v) is 9.41. The molecule has 3 heterocycles. The van der Waals surface area contributed by atoms with Crippen molar-refractivity contribution in [2.24, 2.45) is 4.99 Å². The number of aliphatic hydroxyl groups excluding tert-OH is 4. The van der Waals surface area contributed by atoms with Gasteiger partial charge in [0, 0.05) is 11.8 Å². The molecule has 1 aromatic rings. The molecule has 0 aliphatic carbocycles. The average Bonchev–Trinajstić information content (AvgIpc) is 3.28. The van der Waals surface area contributed by atoms with E-state index in [1.54, 1.807) is 0 Å². The van der Waals surface area contributed by atoms with E-state index in [0.29, 0.717) is 10.8 Å². The second-order valence-electron chi connectivity index (χ2n) is 8.45. The molecule has 1 fully saturated rings. The number of ether oxygens (including phenoxy) is 5. The Kier molecular flexibility index (Phi) is 10.9. The molecular formula is C22H31N2O12S-. The van der Waals surface area contributed by atoms with Gasteiger partial charge in [-0.2, -0.15) is 0 Å². The summed E-state index contributed by atoms with van der Waals surface area (Å²) in [4.78, 5) is 19.4. The first kappa shape index (κ1) is 29.5. The number of carboxylic acid groups (broad SMARTS) is 1. The summed E-state index contributed by atoms with van der Waals surface area (Å²) in [7, 11) is 0. The zero-order valence-electron chi connectivity index (χ0n) is 20.1. The number of hydrogen-bond acceptors (Lipinski definition) is 15. The maximum absolute atomic E-state index is 11.2. The van der Waals surface area contributed by atoms with Crippen molar-refractivity contribution in [2.75, 3.05) is 52.0 Å². The van der Waals surface area contributed by atoms with E-state index in [9.17, 15) is 30.3 Å². The lowest BCUT2D eigenvalue weighted by molar-refractivity contribution is -0.311.